The molecule has 0 saturated carbocycles. The maximum absolute atomic E-state index is 12.3. The van der Waals surface area contributed by atoms with Crippen LogP contribution >= 0.6 is 11.8 Å². The van der Waals surface area contributed by atoms with Gasteiger partial charge in [0.15, 0.2) is 5.76 Å². The van der Waals surface area contributed by atoms with Crippen LogP contribution in [0.2, 0.25) is 0 Å². The molecule has 1 amide bonds. The van der Waals surface area contributed by atoms with Crippen molar-refractivity contribution >= 4 is 17.7 Å². The van der Waals surface area contributed by atoms with Crippen LogP contribution in [-0.2, 0) is 9.53 Å². The van der Waals surface area contributed by atoms with E-state index in [4.69, 9.17) is 15.0 Å². The van der Waals surface area contributed by atoms with Crippen molar-refractivity contribution in [3.05, 3.63) is 18.4 Å². The first-order valence-electron chi connectivity index (χ1n) is 7.35. The van der Waals surface area contributed by atoms with Crippen LogP contribution in [0.4, 0.5) is 0 Å². The summed E-state index contributed by atoms with van der Waals surface area (Å²) in [5.41, 5.74) is 0. The van der Waals surface area contributed by atoms with Crippen molar-refractivity contribution < 1.29 is 13.9 Å². The molecule has 2 aromatic rings. The highest BCUT2D eigenvalue weighted by Crippen LogP contribution is 2.22. The molecule has 124 valence electrons. The topological polar surface area (TPSA) is 99.4 Å². The number of nitrogens with two attached hydrogens (primary N) is 1. The van der Waals surface area contributed by atoms with Crippen molar-refractivity contribution in [2.45, 2.75) is 31.2 Å². The quantitative estimate of drug-likeness (QED) is 0.656. The first kappa shape index (κ1) is 15.9. The number of ether oxygens (including phenoxy) is 1. The number of aromatic nitrogens is 3. The summed E-state index contributed by atoms with van der Waals surface area (Å²) in [6.07, 6.45) is 1.65. The molecule has 8 nitrogen and oxygen atoms in total. The second kappa shape index (κ2) is 6.63. The lowest BCUT2D eigenvalue weighted by Gasteiger charge is -2.35. The zero-order valence-electron chi connectivity index (χ0n) is 13.0. The molecule has 3 heterocycles. The highest BCUT2D eigenvalue weighted by Gasteiger charge is 2.26. The summed E-state index contributed by atoms with van der Waals surface area (Å²) in [6.45, 7) is 5.15. The van der Waals surface area contributed by atoms with E-state index < -0.39 is 0 Å². The van der Waals surface area contributed by atoms with E-state index >= 15 is 0 Å². The van der Waals surface area contributed by atoms with Crippen molar-refractivity contribution in [3.8, 4) is 11.6 Å². The van der Waals surface area contributed by atoms with Crippen LogP contribution in [0.5, 0.6) is 0 Å². The molecule has 1 aliphatic heterocycles. The molecule has 0 spiro atoms. The number of thioether (sulfide) groups is 1. The fourth-order valence-electron chi connectivity index (χ4n) is 2.55. The standard InChI is InChI=1S/C14H19N5O3S/c1-9-6-18(7-10(2)22-9)12(20)8-23-14-17-16-13(19(14)15)11-4-3-5-21-11/h3-5,9-10H,6-8,15H2,1-2H3. The third-order valence-corrected chi connectivity index (χ3v) is 4.43. The van der Waals surface area contributed by atoms with Gasteiger partial charge in [-0.1, -0.05) is 11.8 Å². The van der Waals surface area contributed by atoms with Crippen LogP contribution in [0.15, 0.2) is 28.0 Å². The van der Waals surface area contributed by atoms with Crippen molar-refractivity contribution in [1.82, 2.24) is 19.8 Å². The number of rotatable bonds is 4. The van der Waals surface area contributed by atoms with Gasteiger partial charge in [-0.3, -0.25) is 4.79 Å². The number of hydrogen-bond donors (Lipinski definition) is 1. The molecular formula is C14H19N5O3S. The van der Waals surface area contributed by atoms with Crippen molar-refractivity contribution in [2.75, 3.05) is 24.7 Å². The molecule has 3 rings (SSSR count). The summed E-state index contributed by atoms with van der Waals surface area (Å²) in [6, 6.07) is 3.50. The molecule has 23 heavy (non-hydrogen) atoms. The number of carbonyl (C=O) groups excluding carboxylic acids is 1. The van der Waals surface area contributed by atoms with Crippen molar-refractivity contribution in [2.24, 2.45) is 0 Å². The molecule has 9 heteroatoms. The second-order valence-electron chi connectivity index (χ2n) is 5.50. The zero-order chi connectivity index (χ0) is 16.4. The molecule has 2 aromatic heterocycles. The van der Waals surface area contributed by atoms with Crippen LogP contribution < -0.4 is 5.84 Å². The van der Waals surface area contributed by atoms with Gasteiger partial charge in [-0.2, -0.15) is 0 Å². The van der Waals surface area contributed by atoms with Gasteiger partial charge in [0.1, 0.15) is 0 Å². The largest absolute Gasteiger partial charge is 0.461 e. The highest BCUT2D eigenvalue weighted by molar-refractivity contribution is 7.99. The summed E-state index contributed by atoms with van der Waals surface area (Å²) in [5, 5.41) is 8.49. The molecule has 1 saturated heterocycles. The Labute approximate surface area is 137 Å². The van der Waals surface area contributed by atoms with E-state index in [0.29, 0.717) is 29.8 Å². The second-order valence-corrected chi connectivity index (χ2v) is 6.44. The van der Waals surface area contributed by atoms with Gasteiger partial charge in [-0.05, 0) is 26.0 Å². The average molecular weight is 337 g/mol. The van der Waals surface area contributed by atoms with Gasteiger partial charge in [0.25, 0.3) is 0 Å². The van der Waals surface area contributed by atoms with Gasteiger partial charge in [-0.25, -0.2) is 4.68 Å². The van der Waals surface area contributed by atoms with Crippen molar-refractivity contribution in [3.63, 3.8) is 0 Å². The van der Waals surface area contributed by atoms with Crippen molar-refractivity contribution in [1.29, 1.82) is 0 Å². The highest BCUT2D eigenvalue weighted by atomic mass is 32.2. The van der Waals surface area contributed by atoms with Crippen LogP contribution in [-0.4, -0.2) is 56.7 Å². The normalized spacial score (nSPS) is 21.6. The van der Waals surface area contributed by atoms with E-state index in [1.165, 1.54) is 16.4 Å². The zero-order valence-corrected chi connectivity index (χ0v) is 13.8. The maximum atomic E-state index is 12.3. The molecular weight excluding hydrogens is 318 g/mol. The van der Waals surface area contributed by atoms with Crippen LogP contribution in [0, 0.1) is 0 Å². The van der Waals surface area contributed by atoms with Gasteiger partial charge in [0, 0.05) is 13.1 Å². The Morgan fingerprint density at radius 1 is 1.39 bits per heavy atom. The number of nitrogens with zero attached hydrogens (tertiary/aromatic N) is 4. The van der Waals surface area contributed by atoms with Gasteiger partial charge in [0.05, 0.1) is 24.2 Å². The average Bonchev–Trinajstić information content (AvgIpc) is 3.13. The minimum absolute atomic E-state index is 0.0412. The fraction of sp³-hybridized carbons (Fsp3) is 0.500. The Balaban J connectivity index is 1.61. The minimum atomic E-state index is 0.0412. The molecule has 0 aromatic carbocycles. The van der Waals surface area contributed by atoms with E-state index in [2.05, 4.69) is 10.2 Å². The number of nitrogen functional groups attached to an aromatic ring is 1. The van der Waals surface area contributed by atoms with Crippen LogP contribution in [0.1, 0.15) is 13.8 Å². The van der Waals surface area contributed by atoms with Gasteiger partial charge < -0.3 is 19.9 Å². The summed E-state index contributed by atoms with van der Waals surface area (Å²) in [4.78, 5) is 14.2. The smallest absolute Gasteiger partial charge is 0.233 e. The van der Waals surface area contributed by atoms with Gasteiger partial charge in [0.2, 0.25) is 16.9 Å². The first-order chi connectivity index (χ1) is 11.0. The Morgan fingerprint density at radius 3 is 2.78 bits per heavy atom. The molecule has 0 radical (unpaired) electrons. The number of furan rings is 1. The van der Waals surface area contributed by atoms with E-state index in [1.807, 2.05) is 18.7 Å². The lowest BCUT2D eigenvalue weighted by molar-refractivity contribution is -0.140. The summed E-state index contributed by atoms with van der Waals surface area (Å²) >= 11 is 1.26. The van der Waals surface area contributed by atoms with E-state index in [-0.39, 0.29) is 23.9 Å². The molecule has 2 N–H and O–H groups in total. The summed E-state index contributed by atoms with van der Waals surface area (Å²) in [7, 11) is 0. The Kier molecular flexibility index (Phi) is 4.58. The predicted octanol–water partition coefficient (Wildman–Crippen LogP) is 0.980. The van der Waals surface area contributed by atoms with E-state index in [9.17, 15) is 4.79 Å². The van der Waals surface area contributed by atoms with Crippen LogP contribution in [0.25, 0.3) is 11.6 Å². The summed E-state index contributed by atoms with van der Waals surface area (Å²) < 4.78 is 12.2. The van der Waals surface area contributed by atoms with E-state index in [0.717, 1.165) is 0 Å². The first-order valence-corrected chi connectivity index (χ1v) is 8.33. The number of morpholine rings is 1. The van der Waals surface area contributed by atoms with Gasteiger partial charge in [-0.15, -0.1) is 10.2 Å². The molecule has 0 bridgehead atoms. The molecule has 2 atom stereocenters. The lowest BCUT2D eigenvalue weighted by atomic mass is 10.2. The van der Waals surface area contributed by atoms with E-state index in [1.54, 1.807) is 18.4 Å². The molecule has 2 unspecified atom stereocenters. The minimum Gasteiger partial charge on any atom is -0.461 e. The Hall–Kier alpha value is -2.00. The lowest BCUT2D eigenvalue weighted by Crippen LogP contribution is -2.48. The monoisotopic (exact) mass is 337 g/mol. The molecule has 0 aliphatic carbocycles. The molecule has 1 aliphatic rings. The number of amides is 1. The number of carbonyl (C=O) groups is 1. The third kappa shape index (κ3) is 3.50. The van der Waals surface area contributed by atoms with Crippen LogP contribution in [0.3, 0.4) is 0 Å². The Morgan fingerprint density at radius 2 is 2.13 bits per heavy atom. The fourth-order valence-corrected chi connectivity index (χ4v) is 3.31. The maximum Gasteiger partial charge on any atom is 0.233 e. The van der Waals surface area contributed by atoms with Gasteiger partial charge >= 0.3 is 0 Å². The predicted molar refractivity (Wildman–Crippen MR) is 85.2 cm³/mol. The SMILES string of the molecule is CC1CN(C(=O)CSc2nnc(-c3ccco3)n2N)CC(C)O1. The third-order valence-electron chi connectivity index (χ3n) is 3.50. The number of hydrogen-bond acceptors (Lipinski definition) is 7. The Bertz CT molecular complexity index is 662. The summed E-state index contributed by atoms with van der Waals surface area (Å²) in [5.74, 6) is 7.23. The molecule has 1 fully saturated rings.